The summed E-state index contributed by atoms with van der Waals surface area (Å²) < 4.78 is 3.32. The molecule has 2 amide bonds. The number of nitrogens with zero attached hydrogens (tertiary/aromatic N) is 3. The molecule has 1 aromatic carbocycles. The highest BCUT2D eigenvalue weighted by Gasteiger charge is 2.21. The molecule has 3 rings (SSSR count). The van der Waals surface area contributed by atoms with Crippen molar-refractivity contribution in [3.05, 3.63) is 58.4 Å². The van der Waals surface area contributed by atoms with Crippen molar-refractivity contribution in [2.45, 2.75) is 27.2 Å². The Morgan fingerprint density at radius 2 is 1.93 bits per heavy atom. The summed E-state index contributed by atoms with van der Waals surface area (Å²) in [5.41, 5.74) is 3.91. The number of pyridine rings is 1. The average molecular weight is 449 g/mol. The molecule has 2 heterocycles. The smallest absolute Gasteiger partial charge is 0.253 e. The first-order valence-corrected chi connectivity index (χ1v) is 11.4. The van der Waals surface area contributed by atoms with Gasteiger partial charge in [-0.3, -0.25) is 14.6 Å². The molecular weight excluding hydrogens is 420 g/mol. The molecule has 1 fully saturated rings. The molecule has 162 valence electrons. The van der Waals surface area contributed by atoms with Crippen molar-refractivity contribution < 1.29 is 9.59 Å². The van der Waals surface area contributed by atoms with Gasteiger partial charge < -0.3 is 14.5 Å². The summed E-state index contributed by atoms with van der Waals surface area (Å²) in [7, 11) is 0. The van der Waals surface area contributed by atoms with Crippen LogP contribution in [0.1, 0.15) is 34.8 Å². The van der Waals surface area contributed by atoms with E-state index in [2.05, 4.69) is 16.6 Å². The third-order valence-electron chi connectivity index (χ3n) is 4.69. The van der Waals surface area contributed by atoms with Crippen LogP contribution < -0.4 is 4.72 Å². The van der Waals surface area contributed by atoms with Crippen LogP contribution in [0.2, 0.25) is 5.02 Å². The number of piperazine rings is 1. The SMILES string of the molecule is CCCSNc1ccc(C(=O)N2CCN(C=O)CC2)cc1C.Cc1ccncc1Cl. The Morgan fingerprint density at radius 1 is 1.20 bits per heavy atom. The zero-order valence-electron chi connectivity index (χ0n) is 17.7. The monoisotopic (exact) mass is 448 g/mol. The highest BCUT2D eigenvalue weighted by molar-refractivity contribution is 8.00. The van der Waals surface area contributed by atoms with Gasteiger partial charge in [0.15, 0.2) is 0 Å². The number of nitrogens with one attached hydrogen (secondary N) is 1. The highest BCUT2D eigenvalue weighted by atomic mass is 35.5. The van der Waals surface area contributed by atoms with E-state index in [9.17, 15) is 9.59 Å². The number of aryl methyl sites for hydroxylation is 2. The number of carbonyl (C=O) groups is 2. The molecule has 0 spiro atoms. The normalized spacial score (nSPS) is 13.3. The van der Waals surface area contributed by atoms with E-state index in [0.717, 1.165) is 40.4 Å². The Balaban J connectivity index is 0.000000335. The number of benzene rings is 1. The topological polar surface area (TPSA) is 65.5 Å². The summed E-state index contributed by atoms with van der Waals surface area (Å²) >= 11 is 7.33. The minimum Gasteiger partial charge on any atom is -0.342 e. The van der Waals surface area contributed by atoms with Crippen LogP contribution in [-0.4, -0.2) is 59.0 Å². The van der Waals surface area contributed by atoms with E-state index in [1.54, 1.807) is 29.2 Å². The molecule has 1 aromatic heterocycles. The Morgan fingerprint density at radius 3 is 2.47 bits per heavy atom. The maximum atomic E-state index is 12.5. The van der Waals surface area contributed by atoms with Gasteiger partial charge >= 0.3 is 0 Å². The molecule has 8 heteroatoms. The molecule has 0 bridgehead atoms. The van der Waals surface area contributed by atoms with Crippen molar-refractivity contribution in [3.63, 3.8) is 0 Å². The number of carbonyl (C=O) groups excluding carboxylic acids is 2. The van der Waals surface area contributed by atoms with Gasteiger partial charge in [-0.15, -0.1) is 0 Å². The molecule has 2 aromatic rings. The lowest BCUT2D eigenvalue weighted by Crippen LogP contribution is -2.48. The van der Waals surface area contributed by atoms with Crippen molar-refractivity contribution in [2.24, 2.45) is 0 Å². The largest absolute Gasteiger partial charge is 0.342 e. The molecule has 0 atom stereocenters. The van der Waals surface area contributed by atoms with E-state index in [-0.39, 0.29) is 5.91 Å². The number of hydrogen-bond acceptors (Lipinski definition) is 5. The molecule has 1 saturated heterocycles. The third kappa shape index (κ3) is 7.22. The summed E-state index contributed by atoms with van der Waals surface area (Å²) in [5.74, 6) is 1.10. The zero-order chi connectivity index (χ0) is 21.9. The van der Waals surface area contributed by atoms with Crippen molar-refractivity contribution >= 4 is 41.6 Å². The molecule has 0 unspecified atom stereocenters. The second-order valence-electron chi connectivity index (χ2n) is 7.04. The first-order valence-electron chi connectivity index (χ1n) is 9.99. The fourth-order valence-corrected chi connectivity index (χ4v) is 3.61. The predicted molar refractivity (Wildman–Crippen MR) is 125 cm³/mol. The maximum absolute atomic E-state index is 12.5. The van der Waals surface area contributed by atoms with Gasteiger partial charge in [0, 0.05) is 55.6 Å². The van der Waals surface area contributed by atoms with E-state index in [1.165, 1.54) is 0 Å². The number of aromatic nitrogens is 1. The van der Waals surface area contributed by atoms with E-state index < -0.39 is 0 Å². The lowest BCUT2D eigenvalue weighted by Gasteiger charge is -2.32. The summed E-state index contributed by atoms with van der Waals surface area (Å²) in [6.45, 7) is 8.53. The molecule has 30 heavy (non-hydrogen) atoms. The van der Waals surface area contributed by atoms with E-state index in [4.69, 9.17) is 11.6 Å². The first kappa shape index (κ1) is 24.0. The molecule has 0 radical (unpaired) electrons. The third-order valence-corrected chi connectivity index (χ3v) is 6.06. The van der Waals surface area contributed by atoms with Crippen LogP contribution in [0.3, 0.4) is 0 Å². The summed E-state index contributed by atoms with van der Waals surface area (Å²) in [5, 5.41) is 0.729. The van der Waals surface area contributed by atoms with Crippen molar-refractivity contribution in [2.75, 3.05) is 36.7 Å². The van der Waals surface area contributed by atoms with Gasteiger partial charge in [-0.2, -0.15) is 0 Å². The van der Waals surface area contributed by atoms with Gasteiger partial charge in [-0.25, -0.2) is 0 Å². The van der Waals surface area contributed by atoms with E-state index in [1.807, 2.05) is 43.0 Å². The van der Waals surface area contributed by atoms with Gasteiger partial charge in [0.25, 0.3) is 5.91 Å². The van der Waals surface area contributed by atoms with E-state index >= 15 is 0 Å². The molecule has 6 nitrogen and oxygen atoms in total. The quantitative estimate of drug-likeness (QED) is 0.402. The minimum atomic E-state index is 0.0430. The molecule has 0 saturated carbocycles. The average Bonchev–Trinajstić information content (AvgIpc) is 2.77. The lowest BCUT2D eigenvalue weighted by atomic mass is 10.1. The summed E-state index contributed by atoms with van der Waals surface area (Å²) in [6, 6.07) is 7.65. The lowest BCUT2D eigenvalue weighted by molar-refractivity contribution is -0.119. The molecule has 1 aliphatic heterocycles. The fourth-order valence-electron chi connectivity index (χ4n) is 2.80. The fraction of sp³-hybridized carbons (Fsp3) is 0.409. The molecule has 1 aliphatic rings. The van der Waals surface area contributed by atoms with Gasteiger partial charge in [0.2, 0.25) is 6.41 Å². The number of anilines is 1. The van der Waals surface area contributed by atoms with Gasteiger partial charge in [-0.05, 0) is 55.7 Å². The molecule has 0 aliphatic carbocycles. The second kappa shape index (κ2) is 12.4. The van der Waals surface area contributed by atoms with Crippen LogP contribution in [0, 0.1) is 13.8 Å². The molecule has 1 N–H and O–H groups in total. The number of hydrogen-bond donors (Lipinski definition) is 1. The van der Waals surface area contributed by atoms with Gasteiger partial charge in [0.05, 0.1) is 5.02 Å². The van der Waals surface area contributed by atoms with Crippen LogP contribution in [0.5, 0.6) is 0 Å². The number of rotatable bonds is 6. The first-order chi connectivity index (χ1) is 14.5. The van der Waals surface area contributed by atoms with Crippen LogP contribution in [0.4, 0.5) is 5.69 Å². The number of amides is 2. The number of halogens is 1. The minimum absolute atomic E-state index is 0.0430. The van der Waals surface area contributed by atoms with Crippen LogP contribution in [0.15, 0.2) is 36.7 Å². The Bertz CT molecular complexity index is 821. The van der Waals surface area contributed by atoms with Crippen LogP contribution in [0.25, 0.3) is 0 Å². The van der Waals surface area contributed by atoms with Crippen LogP contribution in [-0.2, 0) is 4.79 Å². The second-order valence-corrected chi connectivity index (χ2v) is 8.35. The summed E-state index contributed by atoms with van der Waals surface area (Å²) in [6.07, 6.45) is 5.33. The standard InChI is InChI=1S/C16H23N3O2S.C6H6ClN/c1-3-10-22-17-15-5-4-14(11-13(15)2)16(21)19-8-6-18(12-20)7-9-19;1-5-2-3-8-4-6(5)7/h4-5,11-12,17H,3,6-10H2,1-2H3;2-4H,1H3. The van der Waals surface area contributed by atoms with Crippen LogP contribution >= 0.6 is 23.5 Å². The Hall–Kier alpha value is -2.25. The zero-order valence-corrected chi connectivity index (χ0v) is 19.3. The van der Waals surface area contributed by atoms with Crippen molar-refractivity contribution in [1.82, 2.24) is 14.8 Å². The highest BCUT2D eigenvalue weighted by Crippen LogP contribution is 2.21. The van der Waals surface area contributed by atoms with Crippen molar-refractivity contribution in [1.29, 1.82) is 0 Å². The molecular formula is C22H29ClN4O2S. The summed E-state index contributed by atoms with van der Waals surface area (Å²) in [4.78, 5) is 30.5. The Kier molecular flexibility index (Phi) is 9.97. The van der Waals surface area contributed by atoms with E-state index in [0.29, 0.717) is 31.7 Å². The van der Waals surface area contributed by atoms with Crippen molar-refractivity contribution in [3.8, 4) is 0 Å². The van der Waals surface area contributed by atoms with Gasteiger partial charge in [0.1, 0.15) is 0 Å². The predicted octanol–water partition coefficient (Wildman–Crippen LogP) is 4.42. The van der Waals surface area contributed by atoms with Gasteiger partial charge in [-0.1, -0.05) is 30.5 Å². The Labute approximate surface area is 188 Å². The maximum Gasteiger partial charge on any atom is 0.253 e.